The van der Waals surface area contributed by atoms with Crippen LogP contribution in [-0.2, 0) is 10.0 Å². The van der Waals surface area contributed by atoms with E-state index in [0.29, 0.717) is 31.9 Å². The van der Waals surface area contributed by atoms with Gasteiger partial charge in [-0.1, -0.05) is 0 Å². The number of amides is 3. The molecule has 2 aliphatic heterocycles. The van der Waals surface area contributed by atoms with Crippen molar-refractivity contribution in [2.24, 2.45) is 0 Å². The number of hydrogen-bond acceptors (Lipinski definition) is 5. The molecule has 154 valence electrons. The molecule has 2 aliphatic rings. The number of aromatic amines is 1. The first kappa shape index (κ1) is 19.8. The van der Waals surface area contributed by atoms with Gasteiger partial charge in [-0.3, -0.25) is 9.69 Å². The number of sulfonamides is 1. The molecule has 3 N–H and O–H groups in total. The Hall–Kier alpha value is -2.50. The second-order valence-corrected chi connectivity index (χ2v) is 9.81. The summed E-state index contributed by atoms with van der Waals surface area (Å²) in [6.07, 6.45) is 1.35. The Morgan fingerprint density at radius 1 is 1.10 bits per heavy atom. The van der Waals surface area contributed by atoms with E-state index in [1.165, 1.54) is 16.6 Å². The first-order valence-corrected chi connectivity index (χ1v) is 11.8. The number of anilines is 2. The summed E-state index contributed by atoms with van der Waals surface area (Å²) in [4.78, 5) is 28.7. The Labute approximate surface area is 172 Å². The maximum absolute atomic E-state index is 12.7. The zero-order valence-corrected chi connectivity index (χ0v) is 17.2. The van der Waals surface area contributed by atoms with Crippen molar-refractivity contribution >= 4 is 45.1 Å². The highest BCUT2D eigenvalue weighted by atomic mass is 32.2. The molecule has 3 amide bonds. The van der Waals surface area contributed by atoms with Crippen LogP contribution < -0.4 is 15.5 Å². The van der Waals surface area contributed by atoms with E-state index in [1.807, 2.05) is 0 Å². The molecule has 0 atom stereocenters. The molecule has 1 aromatic carbocycles. The van der Waals surface area contributed by atoms with Crippen molar-refractivity contribution in [2.45, 2.75) is 4.90 Å². The number of carbonyl (C=O) groups is 2. The van der Waals surface area contributed by atoms with Gasteiger partial charge in [-0.15, -0.1) is 0 Å². The van der Waals surface area contributed by atoms with Gasteiger partial charge in [0.05, 0.1) is 0 Å². The highest BCUT2D eigenvalue weighted by molar-refractivity contribution is 7.99. The molecule has 0 unspecified atom stereocenters. The summed E-state index contributed by atoms with van der Waals surface area (Å²) in [7, 11) is -3.60. The van der Waals surface area contributed by atoms with Crippen LogP contribution in [0.2, 0.25) is 0 Å². The third-order valence-electron chi connectivity index (χ3n) is 4.80. The van der Waals surface area contributed by atoms with Crippen molar-refractivity contribution < 1.29 is 18.0 Å². The lowest BCUT2D eigenvalue weighted by Gasteiger charge is -2.24. The molecule has 0 saturated carbocycles. The van der Waals surface area contributed by atoms with Crippen LogP contribution in [0.25, 0.3) is 0 Å². The summed E-state index contributed by atoms with van der Waals surface area (Å²) in [5.41, 5.74) is 1.45. The number of rotatable bonds is 5. The van der Waals surface area contributed by atoms with Crippen molar-refractivity contribution in [3.63, 3.8) is 0 Å². The van der Waals surface area contributed by atoms with Crippen LogP contribution in [0, 0.1) is 0 Å². The number of hydrogen-bond donors (Lipinski definition) is 3. The largest absolute Gasteiger partial charge is 0.356 e. The van der Waals surface area contributed by atoms with Crippen LogP contribution in [0.1, 0.15) is 10.5 Å². The highest BCUT2D eigenvalue weighted by Gasteiger charge is 2.28. The number of carbonyl (C=O) groups excluding carboxylic acids is 2. The van der Waals surface area contributed by atoms with E-state index < -0.39 is 15.9 Å². The number of nitrogens with one attached hydrogen (secondary N) is 3. The van der Waals surface area contributed by atoms with Gasteiger partial charge < -0.3 is 15.6 Å². The van der Waals surface area contributed by atoms with Crippen LogP contribution in [0.15, 0.2) is 41.4 Å². The summed E-state index contributed by atoms with van der Waals surface area (Å²) in [5, 5.41) is 5.46. The van der Waals surface area contributed by atoms with Gasteiger partial charge in [0.1, 0.15) is 10.6 Å². The van der Waals surface area contributed by atoms with Crippen LogP contribution in [-0.4, -0.2) is 67.3 Å². The van der Waals surface area contributed by atoms with E-state index >= 15 is 0 Å². The number of aromatic nitrogens is 1. The molecular formula is C18H21N5O4S2. The van der Waals surface area contributed by atoms with Crippen molar-refractivity contribution in [1.82, 2.24) is 14.6 Å². The van der Waals surface area contributed by atoms with Crippen molar-refractivity contribution in [2.75, 3.05) is 47.9 Å². The lowest BCUT2D eigenvalue weighted by Crippen LogP contribution is -2.37. The van der Waals surface area contributed by atoms with Crippen molar-refractivity contribution in [1.29, 1.82) is 0 Å². The summed E-state index contributed by atoms with van der Waals surface area (Å²) in [5.74, 6) is 1.10. The minimum absolute atomic E-state index is 0.0879. The number of thioether (sulfide) groups is 1. The molecule has 0 aliphatic carbocycles. The Morgan fingerprint density at radius 2 is 1.83 bits per heavy atom. The van der Waals surface area contributed by atoms with E-state index in [4.69, 9.17) is 0 Å². The van der Waals surface area contributed by atoms with Crippen LogP contribution in [0.4, 0.5) is 16.2 Å². The minimum atomic E-state index is -3.60. The predicted molar refractivity (Wildman–Crippen MR) is 112 cm³/mol. The van der Waals surface area contributed by atoms with Gasteiger partial charge >= 0.3 is 6.03 Å². The third kappa shape index (κ3) is 4.11. The fraction of sp³-hybridized carbons (Fsp3) is 0.333. The van der Waals surface area contributed by atoms with Crippen LogP contribution in [0.3, 0.4) is 0 Å². The number of urea groups is 1. The van der Waals surface area contributed by atoms with Crippen molar-refractivity contribution in [3.8, 4) is 0 Å². The average molecular weight is 436 g/mol. The fourth-order valence-electron chi connectivity index (χ4n) is 3.23. The molecule has 0 spiro atoms. The Morgan fingerprint density at radius 3 is 2.48 bits per heavy atom. The van der Waals surface area contributed by atoms with E-state index in [-0.39, 0.29) is 16.6 Å². The predicted octanol–water partition coefficient (Wildman–Crippen LogP) is 1.53. The molecule has 1 aromatic heterocycles. The summed E-state index contributed by atoms with van der Waals surface area (Å²) >= 11 is 1.73. The zero-order chi connectivity index (χ0) is 20.4. The van der Waals surface area contributed by atoms with Gasteiger partial charge in [-0.2, -0.15) is 16.1 Å². The average Bonchev–Trinajstić information content (AvgIpc) is 3.39. The molecule has 2 aromatic rings. The molecule has 2 fully saturated rings. The standard InChI is InChI=1S/C18H21N5O4S2/c24-17(21-13-1-3-14(4-2-13)23-6-5-19-18(23)25)16-11-15(12-20-16)29(26,27)22-7-9-28-10-8-22/h1-4,11-12,20H,5-10H2,(H,19,25)(H,21,24). The maximum Gasteiger partial charge on any atom is 0.321 e. The molecule has 11 heteroatoms. The summed E-state index contributed by atoms with van der Waals surface area (Å²) in [6, 6.07) is 8.11. The number of benzene rings is 1. The third-order valence-corrected chi connectivity index (χ3v) is 7.62. The van der Waals surface area contributed by atoms with E-state index in [0.717, 1.165) is 17.2 Å². The molecular weight excluding hydrogens is 414 g/mol. The second kappa shape index (κ2) is 8.09. The lowest BCUT2D eigenvalue weighted by molar-refractivity contribution is 0.102. The Balaban J connectivity index is 1.43. The van der Waals surface area contributed by atoms with Gasteiger partial charge in [0.2, 0.25) is 10.0 Å². The molecule has 9 nitrogen and oxygen atoms in total. The Kier molecular flexibility index (Phi) is 5.52. The van der Waals surface area contributed by atoms with Gasteiger partial charge in [0.25, 0.3) is 5.91 Å². The quantitative estimate of drug-likeness (QED) is 0.659. The van der Waals surface area contributed by atoms with Gasteiger partial charge in [-0.05, 0) is 30.3 Å². The smallest absolute Gasteiger partial charge is 0.321 e. The summed E-state index contributed by atoms with van der Waals surface area (Å²) in [6.45, 7) is 2.15. The molecule has 29 heavy (non-hydrogen) atoms. The first-order chi connectivity index (χ1) is 13.9. The molecule has 2 saturated heterocycles. The van der Waals surface area contributed by atoms with Crippen LogP contribution >= 0.6 is 11.8 Å². The number of H-pyrrole nitrogens is 1. The highest BCUT2D eigenvalue weighted by Crippen LogP contribution is 2.22. The number of nitrogens with zero attached hydrogens (tertiary/aromatic N) is 2. The zero-order valence-electron chi connectivity index (χ0n) is 15.6. The summed E-state index contributed by atoms with van der Waals surface area (Å²) < 4.78 is 26.8. The van der Waals surface area contributed by atoms with Gasteiger partial charge in [-0.25, -0.2) is 13.2 Å². The van der Waals surface area contributed by atoms with E-state index in [1.54, 1.807) is 40.9 Å². The van der Waals surface area contributed by atoms with Gasteiger partial charge in [0, 0.05) is 55.3 Å². The topological polar surface area (TPSA) is 115 Å². The minimum Gasteiger partial charge on any atom is -0.356 e. The monoisotopic (exact) mass is 435 g/mol. The maximum atomic E-state index is 12.7. The molecule has 3 heterocycles. The lowest BCUT2D eigenvalue weighted by atomic mass is 10.2. The molecule has 0 radical (unpaired) electrons. The Bertz CT molecular complexity index is 1010. The van der Waals surface area contributed by atoms with E-state index in [9.17, 15) is 18.0 Å². The normalized spacial score (nSPS) is 17.9. The van der Waals surface area contributed by atoms with Crippen molar-refractivity contribution in [3.05, 3.63) is 42.2 Å². The molecule has 0 bridgehead atoms. The SMILES string of the molecule is O=C(Nc1ccc(N2CCNC2=O)cc1)c1cc(S(=O)(=O)N2CCSCC2)c[nH]1. The van der Waals surface area contributed by atoms with Crippen LogP contribution in [0.5, 0.6) is 0 Å². The first-order valence-electron chi connectivity index (χ1n) is 9.18. The fourth-order valence-corrected chi connectivity index (χ4v) is 5.80. The molecule has 4 rings (SSSR count). The second-order valence-electron chi connectivity index (χ2n) is 6.65. The van der Waals surface area contributed by atoms with Gasteiger partial charge in [0.15, 0.2) is 0 Å². The van der Waals surface area contributed by atoms with E-state index in [2.05, 4.69) is 15.6 Å².